The Balaban J connectivity index is 1.61. The van der Waals surface area contributed by atoms with Crippen LogP contribution in [0.4, 0.5) is 5.69 Å². The van der Waals surface area contributed by atoms with Gasteiger partial charge in [-0.2, -0.15) is 0 Å². The molecule has 0 spiro atoms. The van der Waals surface area contributed by atoms with E-state index >= 15 is 0 Å². The van der Waals surface area contributed by atoms with Gasteiger partial charge in [-0.25, -0.2) is 0 Å². The molecule has 0 aliphatic carbocycles. The molecule has 0 aliphatic heterocycles. The second-order valence-electron chi connectivity index (χ2n) is 6.44. The van der Waals surface area contributed by atoms with Crippen molar-refractivity contribution in [3.63, 3.8) is 0 Å². The van der Waals surface area contributed by atoms with Gasteiger partial charge in [0.25, 0.3) is 11.8 Å². The van der Waals surface area contributed by atoms with Gasteiger partial charge in [-0.05, 0) is 30.3 Å². The van der Waals surface area contributed by atoms with Crippen LogP contribution in [0.3, 0.4) is 0 Å². The maximum absolute atomic E-state index is 12.7. The van der Waals surface area contributed by atoms with Crippen molar-refractivity contribution in [1.82, 2.24) is 4.90 Å². The standard InChI is InChI=1S/C22H22N2O4S/c1-24(2)20(25)14-28-18-8-6-7-17(13-18)23-22(26)21-16(11-12-27-21)15-29-19-9-4-3-5-10-19/h3-13H,14-15H2,1-2H3,(H,23,26). The molecular formula is C22H22N2O4S. The van der Waals surface area contributed by atoms with Crippen LogP contribution in [0, 0.1) is 0 Å². The first-order valence-electron chi connectivity index (χ1n) is 9.01. The van der Waals surface area contributed by atoms with Crippen molar-refractivity contribution in [2.75, 3.05) is 26.0 Å². The van der Waals surface area contributed by atoms with Gasteiger partial charge in [0.05, 0.1) is 6.26 Å². The number of carbonyl (C=O) groups excluding carboxylic acids is 2. The number of hydrogen-bond donors (Lipinski definition) is 1. The largest absolute Gasteiger partial charge is 0.484 e. The summed E-state index contributed by atoms with van der Waals surface area (Å²) in [4.78, 5) is 26.9. The van der Waals surface area contributed by atoms with Gasteiger partial charge in [0.2, 0.25) is 0 Å². The SMILES string of the molecule is CN(C)C(=O)COc1cccc(NC(=O)c2occc2CSc2ccccc2)c1. The Bertz CT molecular complexity index is 970. The Morgan fingerprint density at radius 2 is 1.86 bits per heavy atom. The zero-order valence-electron chi connectivity index (χ0n) is 16.3. The molecule has 1 aromatic heterocycles. The number of likely N-dealkylation sites (N-methyl/N-ethyl adjacent to an activating group) is 1. The molecule has 0 saturated heterocycles. The fraction of sp³-hybridized carbons (Fsp3) is 0.182. The van der Waals surface area contributed by atoms with Crippen LogP contribution in [0.2, 0.25) is 0 Å². The molecule has 29 heavy (non-hydrogen) atoms. The monoisotopic (exact) mass is 410 g/mol. The van der Waals surface area contributed by atoms with E-state index in [9.17, 15) is 9.59 Å². The van der Waals surface area contributed by atoms with Crippen LogP contribution in [0.5, 0.6) is 5.75 Å². The minimum Gasteiger partial charge on any atom is -0.484 e. The number of rotatable bonds is 8. The smallest absolute Gasteiger partial charge is 0.291 e. The van der Waals surface area contributed by atoms with Crippen LogP contribution in [0.25, 0.3) is 0 Å². The highest BCUT2D eigenvalue weighted by atomic mass is 32.2. The van der Waals surface area contributed by atoms with Gasteiger partial charge in [-0.1, -0.05) is 24.3 Å². The lowest BCUT2D eigenvalue weighted by Crippen LogP contribution is -2.27. The predicted octanol–water partition coefficient (Wildman–Crippen LogP) is 4.29. The first-order valence-corrected chi connectivity index (χ1v) is 10.00. The number of hydrogen-bond acceptors (Lipinski definition) is 5. The lowest BCUT2D eigenvalue weighted by atomic mass is 10.2. The van der Waals surface area contributed by atoms with Crippen molar-refractivity contribution in [2.24, 2.45) is 0 Å². The summed E-state index contributed by atoms with van der Waals surface area (Å²) in [5.74, 6) is 0.926. The van der Waals surface area contributed by atoms with Crippen molar-refractivity contribution in [3.8, 4) is 5.75 Å². The Labute approximate surface area is 173 Å². The predicted molar refractivity (Wildman–Crippen MR) is 113 cm³/mol. The summed E-state index contributed by atoms with van der Waals surface area (Å²) in [6.07, 6.45) is 1.52. The fourth-order valence-electron chi connectivity index (χ4n) is 2.45. The fourth-order valence-corrected chi connectivity index (χ4v) is 3.35. The molecule has 0 bridgehead atoms. The van der Waals surface area contributed by atoms with Crippen LogP contribution in [0.1, 0.15) is 16.1 Å². The summed E-state index contributed by atoms with van der Waals surface area (Å²) in [5, 5.41) is 2.82. The number of amides is 2. The van der Waals surface area contributed by atoms with E-state index in [0.717, 1.165) is 10.5 Å². The average molecular weight is 410 g/mol. The number of benzene rings is 2. The lowest BCUT2D eigenvalue weighted by Gasteiger charge is -2.12. The molecule has 1 N–H and O–H groups in total. The van der Waals surface area contributed by atoms with Crippen molar-refractivity contribution in [1.29, 1.82) is 0 Å². The van der Waals surface area contributed by atoms with E-state index < -0.39 is 0 Å². The third kappa shape index (κ3) is 5.89. The van der Waals surface area contributed by atoms with Crippen molar-refractivity contribution >= 4 is 29.3 Å². The maximum Gasteiger partial charge on any atom is 0.291 e. The molecule has 2 amide bonds. The van der Waals surface area contributed by atoms with Crippen molar-refractivity contribution < 1.29 is 18.7 Å². The topological polar surface area (TPSA) is 71.8 Å². The van der Waals surface area contributed by atoms with E-state index in [0.29, 0.717) is 17.2 Å². The van der Waals surface area contributed by atoms with Gasteiger partial charge in [0.15, 0.2) is 12.4 Å². The highest BCUT2D eigenvalue weighted by molar-refractivity contribution is 7.98. The quantitative estimate of drug-likeness (QED) is 0.561. The second kappa shape index (κ2) is 9.84. The van der Waals surface area contributed by atoms with Gasteiger partial charge in [0.1, 0.15) is 5.75 Å². The van der Waals surface area contributed by atoms with Gasteiger partial charge in [-0.3, -0.25) is 9.59 Å². The van der Waals surface area contributed by atoms with E-state index in [4.69, 9.17) is 9.15 Å². The van der Waals surface area contributed by atoms with Crippen molar-refractivity contribution in [2.45, 2.75) is 10.6 Å². The Kier molecular flexibility index (Phi) is 6.97. The number of carbonyl (C=O) groups is 2. The normalized spacial score (nSPS) is 10.4. The number of furan rings is 1. The number of ether oxygens (including phenoxy) is 1. The summed E-state index contributed by atoms with van der Waals surface area (Å²) in [5.41, 5.74) is 1.38. The molecule has 0 saturated carbocycles. The van der Waals surface area contributed by atoms with Crippen LogP contribution >= 0.6 is 11.8 Å². The molecule has 2 aromatic carbocycles. The molecule has 0 atom stereocenters. The van der Waals surface area contributed by atoms with Crippen LogP contribution in [0.15, 0.2) is 76.2 Å². The van der Waals surface area contributed by atoms with E-state index in [2.05, 4.69) is 5.32 Å². The van der Waals surface area contributed by atoms with E-state index in [-0.39, 0.29) is 24.2 Å². The molecule has 3 rings (SSSR count). The molecule has 7 heteroatoms. The van der Waals surface area contributed by atoms with E-state index in [1.807, 2.05) is 30.3 Å². The Hall–Kier alpha value is -3.19. The minimum atomic E-state index is -0.333. The number of nitrogens with one attached hydrogen (secondary N) is 1. The molecule has 1 heterocycles. The molecule has 0 radical (unpaired) electrons. The van der Waals surface area contributed by atoms with Crippen LogP contribution < -0.4 is 10.1 Å². The van der Waals surface area contributed by atoms with E-state index in [1.54, 1.807) is 56.2 Å². The lowest BCUT2D eigenvalue weighted by molar-refractivity contribution is -0.130. The zero-order chi connectivity index (χ0) is 20.6. The number of thioether (sulfide) groups is 1. The molecule has 150 valence electrons. The molecule has 3 aromatic rings. The second-order valence-corrected chi connectivity index (χ2v) is 7.48. The van der Waals surface area contributed by atoms with Crippen LogP contribution in [-0.4, -0.2) is 37.4 Å². The first-order chi connectivity index (χ1) is 14.0. The number of anilines is 1. The highest BCUT2D eigenvalue weighted by Gasteiger charge is 2.16. The van der Waals surface area contributed by atoms with Gasteiger partial charge in [-0.15, -0.1) is 11.8 Å². The third-order valence-electron chi connectivity index (χ3n) is 4.04. The summed E-state index contributed by atoms with van der Waals surface area (Å²) >= 11 is 1.63. The summed E-state index contributed by atoms with van der Waals surface area (Å²) < 4.78 is 10.9. The molecular weight excluding hydrogens is 388 g/mol. The number of nitrogens with zero attached hydrogens (tertiary/aromatic N) is 1. The van der Waals surface area contributed by atoms with Gasteiger partial charge in [0, 0.05) is 42.1 Å². The summed E-state index contributed by atoms with van der Waals surface area (Å²) in [6, 6.07) is 18.7. The average Bonchev–Trinajstić information content (AvgIpc) is 3.20. The highest BCUT2D eigenvalue weighted by Crippen LogP contribution is 2.26. The molecule has 0 aliphatic rings. The van der Waals surface area contributed by atoms with E-state index in [1.165, 1.54) is 11.2 Å². The minimum absolute atomic E-state index is 0.0660. The first kappa shape index (κ1) is 20.5. The summed E-state index contributed by atoms with van der Waals surface area (Å²) in [7, 11) is 3.33. The molecule has 0 unspecified atom stereocenters. The zero-order valence-corrected chi connectivity index (χ0v) is 17.1. The maximum atomic E-state index is 12.7. The Morgan fingerprint density at radius 1 is 1.07 bits per heavy atom. The molecule has 6 nitrogen and oxygen atoms in total. The third-order valence-corrected chi connectivity index (χ3v) is 5.10. The van der Waals surface area contributed by atoms with Crippen molar-refractivity contribution in [3.05, 3.63) is 78.3 Å². The van der Waals surface area contributed by atoms with Crippen LogP contribution in [-0.2, 0) is 10.5 Å². The summed E-state index contributed by atoms with van der Waals surface area (Å²) in [6.45, 7) is -0.0660. The Morgan fingerprint density at radius 3 is 2.62 bits per heavy atom. The van der Waals surface area contributed by atoms with Gasteiger partial charge >= 0.3 is 0 Å². The molecule has 0 fully saturated rings. The van der Waals surface area contributed by atoms with Gasteiger partial charge < -0.3 is 19.4 Å².